The topological polar surface area (TPSA) is 74.2 Å². The van der Waals surface area contributed by atoms with E-state index in [1.54, 1.807) is 6.07 Å². The lowest BCUT2D eigenvalue weighted by Crippen LogP contribution is -2.33. The fourth-order valence-corrected chi connectivity index (χ4v) is 3.52. The zero-order valence-electron chi connectivity index (χ0n) is 14.2. The average molecular weight is 511 g/mol. The normalized spacial score (nSPS) is 19.4. The van der Waals surface area contributed by atoms with Gasteiger partial charge in [0.15, 0.2) is 0 Å². The second-order valence-corrected chi connectivity index (χ2v) is 8.37. The van der Waals surface area contributed by atoms with Gasteiger partial charge in [0.05, 0.1) is 25.5 Å². The molecule has 2 unspecified atom stereocenters. The van der Waals surface area contributed by atoms with E-state index < -0.39 is 34.1 Å². The summed E-state index contributed by atoms with van der Waals surface area (Å²) >= 11 is 6.55. The van der Waals surface area contributed by atoms with Gasteiger partial charge in [-0.05, 0) is 6.07 Å². The number of rotatable bonds is 6. The Balaban J connectivity index is 2.73. The van der Waals surface area contributed by atoms with Gasteiger partial charge in [-0.15, -0.1) is 0 Å². The van der Waals surface area contributed by atoms with Crippen molar-refractivity contribution in [3.05, 3.63) is 41.1 Å². The van der Waals surface area contributed by atoms with Crippen molar-refractivity contribution in [2.75, 3.05) is 14.2 Å². The molecule has 2 atom stereocenters. The first-order valence-electron chi connectivity index (χ1n) is 7.58. The summed E-state index contributed by atoms with van der Waals surface area (Å²) in [6.07, 6.45) is 1.31. The number of aliphatic imine (C=N–C) groups is 1. The minimum Gasteiger partial charge on any atom is -0.468 e. The molecule has 1 aliphatic rings. The van der Waals surface area contributed by atoms with Gasteiger partial charge >= 0.3 is 18.6 Å². The van der Waals surface area contributed by atoms with Gasteiger partial charge in [-0.1, -0.05) is 50.1 Å². The average Bonchev–Trinajstić information content (AvgIpc) is 2.65. The van der Waals surface area contributed by atoms with Gasteiger partial charge in [0.1, 0.15) is 15.4 Å². The van der Waals surface area contributed by atoms with Gasteiger partial charge < -0.3 is 14.2 Å². The highest BCUT2D eigenvalue weighted by Crippen LogP contribution is 2.44. The number of benzene rings is 1. The summed E-state index contributed by atoms with van der Waals surface area (Å²) in [5.41, 5.74) is 0.483. The van der Waals surface area contributed by atoms with Crippen LogP contribution in [0.4, 0.5) is 8.78 Å². The molecule has 0 fully saturated rings. The van der Waals surface area contributed by atoms with Crippen LogP contribution in [0.25, 0.3) is 0 Å². The summed E-state index contributed by atoms with van der Waals surface area (Å²) in [6.45, 7) is -3.08. The summed E-state index contributed by atoms with van der Waals surface area (Å²) in [4.78, 5) is 29.0. The van der Waals surface area contributed by atoms with Crippen molar-refractivity contribution in [1.29, 1.82) is 0 Å². The van der Waals surface area contributed by atoms with E-state index in [1.807, 2.05) is 0 Å². The van der Waals surface area contributed by atoms with E-state index in [4.69, 9.17) is 9.47 Å². The molecular weight excluding hydrogens is 496 g/mol. The molecule has 6 nitrogen and oxygen atoms in total. The van der Waals surface area contributed by atoms with Crippen LogP contribution in [0.5, 0.6) is 5.75 Å². The fourth-order valence-electron chi connectivity index (χ4n) is 2.79. The molecule has 2 rings (SSSR count). The Morgan fingerprint density at radius 2 is 1.81 bits per heavy atom. The Bertz CT molecular complexity index is 782. The molecule has 27 heavy (non-hydrogen) atoms. The van der Waals surface area contributed by atoms with Crippen LogP contribution in [0.2, 0.25) is 0 Å². The number of para-hydroxylation sites is 1. The SMILES string of the molecule is COC(=O)C1=C(C(Br)Br)N=CC(C(=O)OC)C1c1ccccc1OC(F)F. The Morgan fingerprint density at radius 3 is 2.37 bits per heavy atom. The lowest BCUT2D eigenvalue weighted by atomic mass is 9.78. The molecule has 0 bridgehead atoms. The fraction of sp³-hybridized carbons (Fsp3) is 0.353. The van der Waals surface area contributed by atoms with Crippen molar-refractivity contribution in [1.82, 2.24) is 0 Å². The van der Waals surface area contributed by atoms with E-state index in [1.165, 1.54) is 38.6 Å². The maximum atomic E-state index is 12.9. The molecule has 0 spiro atoms. The van der Waals surface area contributed by atoms with E-state index in [2.05, 4.69) is 41.6 Å². The molecule has 0 amide bonds. The second kappa shape index (κ2) is 9.41. The Morgan fingerprint density at radius 1 is 1.15 bits per heavy atom. The summed E-state index contributed by atoms with van der Waals surface area (Å²) in [5.74, 6) is -3.63. The maximum Gasteiger partial charge on any atom is 0.387 e. The number of carbonyl (C=O) groups is 2. The number of methoxy groups -OCH3 is 2. The Hall–Kier alpha value is -1.81. The van der Waals surface area contributed by atoms with Crippen molar-refractivity contribution in [3.63, 3.8) is 0 Å². The van der Waals surface area contributed by atoms with Gasteiger partial charge in [-0.25, -0.2) is 4.79 Å². The third-order valence-corrected chi connectivity index (χ3v) is 4.74. The van der Waals surface area contributed by atoms with Crippen LogP contribution in [-0.2, 0) is 19.1 Å². The van der Waals surface area contributed by atoms with Crippen LogP contribution in [0.1, 0.15) is 11.5 Å². The van der Waals surface area contributed by atoms with Gasteiger partial charge in [-0.2, -0.15) is 8.78 Å². The molecule has 146 valence electrons. The summed E-state index contributed by atoms with van der Waals surface area (Å²) < 4.78 is 39.4. The van der Waals surface area contributed by atoms with E-state index in [0.29, 0.717) is 0 Å². The zero-order chi connectivity index (χ0) is 20.1. The van der Waals surface area contributed by atoms with Gasteiger partial charge in [0.2, 0.25) is 0 Å². The van der Waals surface area contributed by atoms with Crippen molar-refractivity contribution in [2.45, 2.75) is 16.3 Å². The number of esters is 2. The molecule has 0 saturated heterocycles. The summed E-state index contributed by atoms with van der Waals surface area (Å²) in [5, 5.41) is 0. The number of hydrogen-bond acceptors (Lipinski definition) is 6. The van der Waals surface area contributed by atoms with E-state index in [9.17, 15) is 18.4 Å². The highest BCUT2D eigenvalue weighted by atomic mass is 79.9. The summed E-state index contributed by atoms with van der Waals surface area (Å²) in [6, 6.07) is 5.92. The molecule has 10 heteroatoms. The third kappa shape index (κ3) is 4.73. The highest BCUT2D eigenvalue weighted by molar-refractivity contribution is 9.24. The molecule has 1 aromatic carbocycles. The number of carbonyl (C=O) groups excluding carboxylic acids is 2. The van der Waals surface area contributed by atoms with Crippen molar-refractivity contribution >= 4 is 50.0 Å². The number of allylic oxidation sites excluding steroid dienone is 1. The van der Waals surface area contributed by atoms with Crippen LogP contribution >= 0.6 is 31.9 Å². The lowest BCUT2D eigenvalue weighted by Gasteiger charge is -2.30. The van der Waals surface area contributed by atoms with Crippen LogP contribution in [0.15, 0.2) is 40.5 Å². The van der Waals surface area contributed by atoms with Crippen molar-refractivity contribution in [2.24, 2.45) is 10.9 Å². The standard InChI is InChI=1S/C17H15Br2F2NO5/c1-25-15(23)9-7-22-13(14(18)19)12(16(24)26-2)11(9)8-5-3-4-6-10(8)27-17(20)21/h3-7,9,11,14,17H,1-2H3. The number of ether oxygens (including phenoxy) is 3. The second-order valence-electron chi connectivity index (χ2n) is 5.31. The number of nitrogens with zero attached hydrogens (tertiary/aromatic N) is 1. The van der Waals surface area contributed by atoms with Crippen LogP contribution < -0.4 is 4.74 Å². The molecule has 1 aromatic rings. The minimum absolute atomic E-state index is 0.0273. The quantitative estimate of drug-likeness (QED) is 0.430. The summed E-state index contributed by atoms with van der Waals surface area (Å²) in [7, 11) is 2.36. The lowest BCUT2D eigenvalue weighted by molar-refractivity contribution is -0.143. The van der Waals surface area contributed by atoms with Gasteiger partial charge in [0.25, 0.3) is 0 Å². The molecule has 1 heterocycles. The minimum atomic E-state index is -3.08. The molecule has 0 radical (unpaired) electrons. The first-order chi connectivity index (χ1) is 12.8. The highest BCUT2D eigenvalue weighted by Gasteiger charge is 2.42. The van der Waals surface area contributed by atoms with E-state index in [-0.39, 0.29) is 22.6 Å². The van der Waals surface area contributed by atoms with Gasteiger partial charge in [-0.3, -0.25) is 9.79 Å². The van der Waals surface area contributed by atoms with Crippen LogP contribution in [0.3, 0.4) is 0 Å². The van der Waals surface area contributed by atoms with Crippen molar-refractivity contribution in [3.8, 4) is 5.75 Å². The molecule has 0 aromatic heterocycles. The number of halogens is 4. The first-order valence-corrected chi connectivity index (χ1v) is 9.41. The predicted molar refractivity (Wildman–Crippen MR) is 100 cm³/mol. The third-order valence-electron chi connectivity index (χ3n) is 3.88. The number of alkyl halides is 4. The monoisotopic (exact) mass is 509 g/mol. The molecule has 0 saturated carbocycles. The Labute approximate surface area is 170 Å². The maximum absolute atomic E-state index is 12.9. The predicted octanol–water partition coefficient (Wildman–Crippen LogP) is 3.79. The number of hydrogen-bond donors (Lipinski definition) is 0. The van der Waals surface area contributed by atoms with Crippen LogP contribution in [0, 0.1) is 5.92 Å². The first kappa shape index (κ1) is 21.5. The zero-order valence-corrected chi connectivity index (χ0v) is 17.4. The molecule has 0 N–H and O–H groups in total. The van der Waals surface area contributed by atoms with Crippen LogP contribution in [-0.4, -0.2) is 42.7 Å². The largest absolute Gasteiger partial charge is 0.468 e. The van der Waals surface area contributed by atoms with Gasteiger partial charge in [0, 0.05) is 17.7 Å². The smallest absolute Gasteiger partial charge is 0.387 e. The molecule has 1 aliphatic heterocycles. The molecule has 0 aliphatic carbocycles. The molecular formula is C17H15Br2F2NO5. The Kier molecular flexibility index (Phi) is 7.49. The van der Waals surface area contributed by atoms with Crippen molar-refractivity contribution < 1.29 is 32.6 Å². The van der Waals surface area contributed by atoms with E-state index in [0.717, 1.165) is 0 Å². The van der Waals surface area contributed by atoms with E-state index >= 15 is 0 Å².